The number of hydrogen-bond donors (Lipinski definition) is 1. The molecule has 2 aliphatic rings. The van der Waals surface area contributed by atoms with Crippen LogP contribution in [0.15, 0.2) is 12.1 Å². The van der Waals surface area contributed by atoms with Crippen LogP contribution < -0.4 is 4.74 Å². The summed E-state index contributed by atoms with van der Waals surface area (Å²) in [5.41, 5.74) is 0.491. The molecule has 0 radical (unpaired) electrons. The molecule has 6 nitrogen and oxygen atoms in total. The first kappa shape index (κ1) is 19.3. The van der Waals surface area contributed by atoms with E-state index in [1.54, 1.807) is 11.0 Å². The quantitative estimate of drug-likeness (QED) is 0.626. The molecule has 0 unspecified atom stereocenters. The van der Waals surface area contributed by atoms with Crippen molar-refractivity contribution in [3.63, 3.8) is 0 Å². The maximum absolute atomic E-state index is 12.3. The molecular weight excluding hydrogens is 449 g/mol. The highest BCUT2D eigenvalue weighted by Crippen LogP contribution is 2.43. The van der Waals surface area contributed by atoms with Crippen molar-refractivity contribution in [1.29, 1.82) is 0 Å². The maximum Gasteiger partial charge on any atom is 0.410 e. The Morgan fingerprint density at radius 2 is 1.92 bits per heavy atom. The summed E-state index contributed by atoms with van der Waals surface area (Å²) in [6.07, 6.45) is 1.93. The number of amides is 1. The molecule has 1 amide bonds. The second-order valence-electron chi connectivity index (χ2n) is 8.14. The lowest BCUT2D eigenvalue weighted by molar-refractivity contribution is -0.00108. The molecule has 1 saturated heterocycles. The van der Waals surface area contributed by atoms with E-state index in [1.165, 1.54) is 0 Å². The Labute approximate surface area is 167 Å². The number of carboxylic acid groups (broad SMARTS) is 1. The Bertz CT molecular complexity index is 732. The van der Waals surface area contributed by atoms with Gasteiger partial charge in [0.25, 0.3) is 0 Å². The molecule has 2 heterocycles. The molecular formula is C19H24INO5. The average molecular weight is 473 g/mol. The monoisotopic (exact) mass is 473 g/mol. The summed E-state index contributed by atoms with van der Waals surface area (Å²) < 4.78 is 12.1. The van der Waals surface area contributed by atoms with Crippen LogP contribution in [0.1, 0.15) is 49.5 Å². The number of rotatable bonds is 1. The zero-order valence-electron chi connectivity index (χ0n) is 15.3. The minimum absolute atomic E-state index is 0.125. The van der Waals surface area contributed by atoms with Crippen LogP contribution in [0.4, 0.5) is 4.79 Å². The zero-order valence-corrected chi connectivity index (χ0v) is 17.5. The van der Waals surface area contributed by atoms with Crippen LogP contribution in [0.25, 0.3) is 0 Å². The van der Waals surface area contributed by atoms with Gasteiger partial charge in [-0.1, -0.05) is 0 Å². The predicted octanol–water partition coefficient (Wildman–Crippen LogP) is 3.94. The van der Waals surface area contributed by atoms with Gasteiger partial charge in [-0.3, -0.25) is 0 Å². The van der Waals surface area contributed by atoms with Gasteiger partial charge in [0.15, 0.2) is 0 Å². The summed E-state index contributed by atoms with van der Waals surface area (Å²) in [6.45, 7) is 7.33. The molecule has 7 heteroatoms. The second-order valence-corrected chi connectivity index (χ2v) is 9.30. The number of hydrogen-bond acceptors (Lipinski definition) is 4. The highest BCUT2D eigenvalue weighted by Gasteiger charge is 2.42. The van der Waals surface area contributed by atoms with Gasteiger partial charge >= 0.3 is 12.1 Å². The third-order valence-corrected chi connectivity index (χ3v) is 5.89. The summed E-state index contributed by atoms with van der Waals surface area (Å²) in [7, 11) is 0. The normalized spacial score (nSPS) is 18.8. The molecule has 0 bridgehead atoms. The summed E-state index contributed by atoms with van der Waals surface area (Å²) in [5.74, 6) is -0.249. The molecule has 1 N–H and O–H groups in total. The number of fused-ring (bicyclic) bond motifs is 1. The van der Waals surface area contributed by atoms with Crippen LogP contribution in [0.2, 0.25) is 0 Å². The Morgan fingerprint density at radius 3 is 2.50 bits per heavy atom. The fourth-order valence-corrected chi connectivity index (χ4v) is 4.35. The second kappa shape index (κ2) is 6.90. The van der Waals surface area contributed by atoms with Crippen molar-refractivity contribution in [1.82, 2.24) is 4.90 Å². The van der Waals surface area contributed by atoms with Crippen molar-refractivity contribution in [2.75, 3.05) is 19.7 Å². The van der Waals surface area contributed by atoms with Gasteiger partial charge in [-0.15, -0.1) is 0 Å². The van der Waals surface area contributed by atoms with E-state index in [0.717, 1.165) is 22.0 Å². The van der Waals surface area contributed by atoms with Crippen molar-refractivity contribution in [2.24, 2.45) is 5.41 Å². The standard InChI is InChI=1S/C19H24INO5/c1-18(2,3)26-17(24)21-8-6-19(7-9-21)10-12-14(25-11-19)5-4-13(20)15(12)16(22)23/h4-5H,6-11H2,1-3H3,(H,22,23). The highest BCUT2D eigenvalue weighted by molar-refractivity contribution is 14.1. The number of halogens is 1. The molecule has 0 aromatic heterocycles. The number of benzene rings is 1. The van der Waals surface area contributed by atoms with E-state index in [0.29, 0.717) is 37.4 Å². The lowest BCUT2D eigenvalue weighted by atomic mass is 9.72. The summed E-state index contributed by atoms with van der Waals surface area (Å²) in [6, 6.07) is 3.64. The smallest absolute Gasteiger partial charge is 0.410 e. The number of piperidine rings is 1. The number of nitrogens with zero attached hydrogens (tertiary/aromatic N) is 1. The van der Waals surface area contributed by atoms with Crippen LogP contribution in [0, 0.1) is 8.99 Å². The molecule has 0 saturated carbocycles. The van der Waals surface area contributed by atoms with E-state index in [9.17, 15) is 14.7 Å². The van der Waals surface area contributed by atoms with E-state index in [1.807, 2.05) is 26.8 Å². The SMILES string of the molecule is CC(C)(C)OC(=O)N1CCC2(CC1)COc1ccc(I)c(C(=O)O)c1C2. The van der Waals surface area contributed by atoms with Crippen LogP contribution in [-0.2, 0) is 11.2 Å². The molecule has 142 valence electrons. The van der Waals surface area contributed by atoms with Crippen molar-refractivity contribution in [3.8, 4) is 5.75 Å². The molecule has 2 aliphatic heterocycles. The highest BCUT2D eigenvalue weighted by atomic mass is 127. The molecule has 0 atom stereocenters. The molecule has 0 aliphatic carbocycles. The van der Waals surface area contributed by atoms with E-state index in [-0.39, 0.29) is 11.5 Å². The molecule has 3 rings (SSSR count). The van der Waals surface area contributed by atoms with E-state index in [4.69, 9.17) is 9.47 Å². The molecule has 1 aromatic carbocycles. The first-order valence-corrected chi connectivity index (χ1v) is 9.84. The fourth-order valence-electron chi connectivity index (χ4n) is 3.61. The molecule has 1 fully saturated rings. The van der Waals surface area contributed by atoms with Gasteiger partial charge in [-0.05, 0) is 74.8 Å². The summed E-state index contributed by atoms with van der Waals surface area (Å²) in [4.78, 5) is 25.7. The average Bonchev–Trinajstić information content (AvgIpc) is 2.53. The lowest BCUT2D eigenvalue weighted by Gasteiger charge is -2.44. The number of carbonyl (C=O) groups excluding carboxylic acids is 1. The number of ether oxygens (including phenoxy) is 2. The molecule has 1 spiro atoms. The Kier molecular flexibility index (Phi) is 5.11. The number of carbonyl (C=O) groups is 2. The predicted molar refractivity (Wildman–Crippen MR) is 105 cm³/mol. The number of carboxylic acids is 1. The van der Waals surface area contributed by atoms with Gasteiger partial charge in [0.1, 0.15) is 11.4 Å². The largest absolute Gasteiger partial charge is 0.493 e. The van der Waals surface area contributed by atoms with Crippen molar-refractivity contribution in [2.45, 2.75) is 45.6 Å². The topological polar surface area (TPSA) is 76.1 Å². The zero-order chi connectivity index (χ0) is 19.1. The van der Waals surface area contributed by atoms with Gasteiger partial charge in [0.05, 0.1) is 12.2 Å². The van der Waals surface area contributed by atoms with Gasteiger partial charge in [-0.25, -0.2) is 9.59 Å². The third kappa shape index (κ3) is 3.92. The van der Waals surface area contributed by atoms with Crippen LogP contribution in [0.3, 0.4) is 0 Å². The van der Waals surface area contributed by atoms with Gasteiger partial charge < -0.3 is 19.5 Å². The van der Waals surface area contributed by atoms with Crippen molar-refractivity contribution in [3.05, 3.63) is 26.8 Å². The van der Waals surface area contributed by atoms with E-state index < -0.39 is 11.6 Å². The first-order chi connectivity index (χ1) is 12.1. The minimum Gasteiger partial charge on any atom is -0.493 e. The molecule has 26 heavy (non-hydrogen) atoms. The Hall–Kier alpha value is -1.51. The third-order valence-electron chi connectivity index (χ3n) is 4.99. The molecule has 1 aromatic rings. The number of likely N-dealkylation sites (tertiary alicyclic amines) is 1. The number of aromatic carboxylic acids is 1. The first-order valence-electron chi connectivity index (χ1n) is 8.76. The van der Waals surface area contributed by atoms with Crippen molar-refractivity contribution < 1.29 is 24.2 Å². The lowest BCUT2D eigenvalue weighted by Crippen LogP contribution is -2.49. The van der Waals surface area contributed by atoms with E-state index >= 15 is 0 Å². The Balaban J connectivity index is 1.75. The Morgan fingerprint density at radius 1 is 1.27 bits per heavy atom. The fraction of sp³-hybridized carbons (Fsp3) is 0.579. The summed E-state index contributed by atoms with van der Waals surface area (Å²) >= 11 is 2.06. The van der Waals surface area contributed by atoms with Gasteiger partial charge in [-0.2, -0.15) is 0 Å². The van der Waals surface area contributed by atoms with Crippen LogP contribution >= 0.6 is 22.6 Å². The van der Waals surface area contributed by atoms with E-state index in [2.05, 4.69) is 22.6 Å². The van der Waals surface area contributed by atoms with Gasteiger partial charge in [0, 0.05) is 27.6 Å². The van der Waals surface area contributed by atoms with Crippen LogP contribution in [0.5, 0.6) is 5.75 Å². The summed E-state index contributed by atoms with van der Waals surface area (Å²) in [5, 5.41) is 9.60. The maximum atomic E-state index is 12.3. The van der Waals surface area contributed by atoms with Crippen molar-refractivity contribution >= 4 is 34.7 Å². The van der Waals surface area contributed by atoms with Crippen LogP contribution in [-0.4, -0.2) is 47.4 Å². The minimum atomic E-state index is -0.918. The van der Waals surface area contributed by atoms with Gasteiger partial charge in [0.2, 0.25) is 0 Å².